The molecule has 0 aromatic rings. The molecule has 0 heteroatoms. The number of hydrogen-bond donors (Lipinski definition) is 0. The van der Waals surface area contributed by atoms with E-state index in [1.807, 2.05) is 0 Å². The number of allylic oxidation sites excluding steroid dienone is 2. The summed E-state index contributed by atoms with van der Waals surface area (Å²) in [6.45, 7) is 20.2. The summed E-state index contributed by atoms with van der Waals surface area (Å²) < 4.78 is 0. The first-order valence-electron chi connectivity index (χ1n) is 55.4. The Bertz CT molecular complexity index is 3580. The summed E-state index contributed by atoms with van der Waals surface area (Å²) in [4.78, 5) is 0. The Labute approximate surface area is 700 Å². The molecule has 630 valence electrons. The molecule has 0 aromatic carbocycles. The van der Waals surface area contributed by atoms with Gasteiger partial charge >= 0.3 is 0 Å². The van der Waals surface area contributed by atoms with Crippen molar-refractivity contribution in [2.45, 2.75) is 338 Å². The lowest BCUT2D eigenvalue weighted by Gasteiger charge is -2.50. The molecule has 0 spiro atoms. The minimum absolute atomic E-state index is 1.01. The zero-order chi connectivity index (χ0) is 75.2. The fourth-order valence-corrected chi connectivity index (χ4v) is 50.5. The highest BCUT2D eigenvalue weighted by Gasteiger charge is 2.74. The van der Waals surface area contributed by atoms with E-state index < -0.39 is 0 Å². The molecule has 0 nitrogen and oxygen atoms in total. The molecule has 34 aliphatic carbocycles. The third kappa shape index (κ3) is 10.7. The van der Waals surface area contributed by atoms with Crippen molar-refractivity contribution >= 4 is 0 Å². The molecule has 0 amide bonds. The normalized spacial score (nSPS) is 66.6. The maximum absolute atomic E-state index is 2.57. The monoisotopic (exact) mass is 1540 g/mol. The second-order valence-electron chi connectivity index (χ2n) is 54.9. The first-order valence-corrected chi connectivity index (χ1v) is 55.4. The lowest BCUT2D eigenvalue weighted by molar-refractivity contribution is -0.0142. The minimum atomic E-state index is 1.01. The van der Waals surface area contributed by atoms with E-state index in [1.54, 1.807) is 270 Å². The number of hydrogen-bond acceptors (Lipinski definition) is 0. The molecule has 0 saturated heterocycles. The molecule has 33 fully saturated rings. The van der Waals surface area contributed by atoms with Crippen molar-refractivity contribution in [3.05, 3.63) is 12.2 Å². The minimum Gasteiger partial charge on any atom is -0.0848 e. The third-order valence-corrected chi connectivity index (χ3v) is 52.6. The number of rotatable bonds is 0. The van der Waals surface area contributed by atoms with E-state index in [9.17, 15) is 0 Å². The van der Waals surface area contributed by atoms with Crippen molar-refractivity contribution in [2.24, 2.45) is 355 Å². The Morgan fingerprint density at radius 2 is 0.395 bits per heavy atom. The van der Waals surface area contributed by atoms with Crippen molar-refractivity contribution in [1.82, 2.24) is 0 Å². The number of fused-ring (bicyclic) bond motifs is 74. The van der Waals surface area contributed by atoms with E-state index in [0.29, 0.717) is 0 Å². The molecule has 0 radical (unpaired) electrons. The Hall–Kier alpha value is -0.260. The van der Waals surface area contributed by atoms with Crippen LogP contribution in [0, 0.1) is 355 Å². The molecule has 0 aliphatic heterocycles. The van der Waals surface area contributed by atoms with Crippen LogP contribution in [0.25, 0.3) is 0 Å². The summed E-state index contributed by atoms with van der Waals surface area (Å²) in [6.07, 6.45) is 75.6. The fraction of sp³-hybridized carbons (Fsp3) is 0.982. The smallest absolute Gasteiger partial charge is 0.0194 e. The average molecular weight is 1540 g/mol. The van der Waals surface area contributed by atoms with E-state index in [0.717, 1.165) is 124 Å². The average Bonchev–Trinajstić information content (AvgIpc) is 1.51. The Kier molecular flexibility index (Phi) is 17.9. The van der Waals surface area contributed by atoms with E-state index >= 15 is 0 Å². The van der Waals surface area contributed by atoms with Gasteiger partial charge < -0.3 is 0 Å². The zero-order valence-corrected chi connectivity index (χ0v) is 74.9. The van der Waals surface area contributed by atoms with Gasteiger partial charge in [-0.25, -0.2) is 0 Å². The Balaban J connectivity index is 0.0000000705. The van der Waals surface area contributed by atoms with E-state index in [4.69, 9.17) is 0 Å². The van der Waals surface area contributed by atoms with Gasteiger partial charge in [-0.1, -0.05) is 119 Å². The van der Waals surface area contributed by atoms with Crippen LogP contribution in [0.1, 0.15) is 338 Å². The molecule has 0 aromatic heterocycles. The quantitative estimate of drug-likeness (QED) is 0.168. The van der Waals surface area contributed by atoms with Crippen LogP contribution in [0.4, 0.5) is 0 Å². The molecule has 60 atom stereocenters. The van der Waals surface area contributed by atoms with Gasteiger partial charge in [0.15, 0.2) is 0 Å². The molecule has 0 N–H and O–H groups in total. The van der Waals surface area contributed by atoms with Gasteiger partial charge in [0.2, 0.25) is 0 Å². The molecular formula is C114H174. The summed E-state index contributed by atoms with van der Waals surface area (Å²) in [6, 6.07) is 0. The van der Waals surface area contributed by atoms with Crippen LogP contribution in [-0.4, -0.2) is 0 Å². The fourth-order valence-electron chi connectivity index (χ4n) is 50.5. The largest absolute Gasteiger partial charge is 0.0848 e. The first-order chi connectivity index (χ1) is 55.7. The van der Waals surface area contributed by atoms with Crippen molar-refractivity contribution in [2.75, 3.05) is 0 Å². The third-order valence-electron chi connectivity index (χ3n) is 52.6. The summed E-state index contributed by atoms with van der Waals surface area (Å²) >= 11 is 0. The van der Waals surface area contributed by atoms with Gasteiger partial charge in [-0.3, -0.25) is 0 Å². The maximum atomic E-state index is 2.57. The zero-order valence-electron chi connectivity index (χ0n) is 74.9. The van der Waals surface area contributed by atoms with E-state index in [-0.39, 0.29) is 0 Å². The SMILES string of the molecule is CC1CC2CC1C1C3C=CC(C3)C21.CC1CC2CC1C1C3CC(C4C5CCC(C5)C34)C21.CC1CC2CC1C1C3CC(C4CCC43)C21.CC1CC2CC1C1C3CC(C4CCCC43)C21.CC1CC2CC1C1C3CCC(C3)C21.CC1CC2CC1C1CC3CCCCC3CC21.CC1CC2CC1C1CCCC21.CC1CC2CC1C1CCCCC21. The topological polar surface area (TPSA) is 0 Å². The highest BCUT2D eigenvalue weighted by Crippen LogP contribution is 2.80. The van der Waals surface area contributed by atoms with E-state index in [2.05, 4.69) is 67.5 Å². The van der Waals surface area contributed by atoms with Gasteiger partial charge in [0.1, 0.15) is 0 Å². The van der Waals surface area contributed by atoms with Gasteiger partial charge in [-0.2, -0.15) is 0 Å². The van der Waals surface area contributed by atoms with Gasteiger partial charge in [-0.15, -0.1) is 0 Å². The van der Waals surface area contributed by atoms with Crippen LogP contribution in [0.3, 0.4) is 0 Å². The maximum Gasteiger partial charge on any atom is -0.0194 e. The molecule has 60 unspecified atom stereocenters. The molecule has 28 bridgehead atoms. The highest BCUT2D eigenvalue weighted by atomic mass is 14.8. The predicted molar refractivity (Wildman–Crippen MR) is 467 cm³/mol. The molecular weight excluding hydrogens is 1370 g/mol. The lowest BCUT2D eigenvalue weighted by Crippen LogP contribution is -2.44. The second kappa shape index (κ2) is 27.6. The van der Waals surface area contributed by atoms with Crippen molar-refractivity contribution in [1.29, 1.82) is 0 Å². The first kappa shape index (κ1) is 74.0. The van der Waals surface area contributed by atoms with Crippen molar-refractivity contribution in [3.8, 4) is 0 Å². The molecule has 34 rings (SSSR count). The summed E-state index contributed by atoms with van der Waals surface area (Å²) in [5.41, 5.74) is 0. The standard InChI is InChI=1S/C18H26.C16H24.C16H26.C15H22.C13H20.C13H18.C12H20.C11H18/c1-8-4-11-6-12(8)18-14-7-13(17(11)18)15-9-2-3-10(5-9)16(14)15;1-8-5-9-6-12(8)16-14-7-13(15(9)16)10-3-2-4-11(10)14;1-10-6-13-9-14(10)16-8-12-5-3-2-4-11(12)7-15(13)16;1-7-4-8-5-11(7)15-13-6-12(14(8)15)9-2-3-10(9)13;2*1-7-4-10-6-11(7)13-9-3-2-8(5-9)12(10)13;1-8-6-9-7-12(8)11-5-3-2-4-10(9)11;1-7-5-8-6-11(7)10-4-2-3-9(8)10/h8-18H,2-7H2,1H3;8-16H,2-7H2,1H3;10-16H,2-9H2,1H3;7-15H,2-6H2,1H3;7-13H,2-6H2,1H3;2-3,7-13H,4-6H2,1H3;8-12H,2-7H2,1H3;7-11H,2-6H2,1H3. The highest BCUT2D eigenvalue weighted by molar-refractivity contribution is 5.24. The van der Waals surface area contributed by atoms with E-state index in [1.165, 1.54) is 244 Å². The lowest BCUT2D eigenvalue weighted by atomic mass is 9.55. The van der Waals surface area contributed by atoms with Crippen molar-refractivity contribution < 1.29 is 0 Å². The van der Waals surface area contributed by atoms with Crippen LogP contribution >= 0.6 is 0 Å². The molecule has 114 heavy (non-hydrogen) atoms. The summed E-state index contributed by atoms with van der Waals surface area (Å²) in [7, 11) is 0. The Morgan fingerprint density at radius 3 is 0.886 bits per heavy atom. The Morgan fingerprint density at radius 1 is 0.123 bits per heavy atom. The van der Waals surface area contributed by atoms with Crippen molar-refractivity contribution in [3.63, 3.8) is 0 Å². The summed E-state index contributed by atoms with van der Waals surface area (Å²) in [5.74, 6) is 70.2. The van der Waals surface area contributed by atoms with Crippen LogP contribution < -0.4 is 0 Å². The summed E-state index contributed by atoms with van der Waals surface area (Å²) in [5, 5.41) is 0. The second-order valence-corrected chi connectivity index (χ2v) is 54.9. The van der Waals surface area contributed by atoms with Gasteiger partial charge in [0.25, 0.3) is 0 Å². The predicted octanol–water partition coefficient (Wildman–Crippen LogP) is 29.2. The van der Waals surface area contributed by atoms with Gasteiger partial charge in [0, 0.05) is 0 Å². The van der Waals surface area contributed by atoms with Gasteiger partial charge in [-0.05, 0) is 586 Å². The van der Waals surface area contributed by atoms with Crippen LogP contribution in [0.5, 0.6) is 0 Å². The van der Waals surface area contributed by atoms with Gasteiger partial charge in [0.05, 0.1) is 0 Å². The molecule has 0 heterocycles. The van der Waals surface area contributed by atoms with Crippen LogP contribution in [0.15, 0.2) is 12.2 Å². The molecule has 33 saturated carbocycles. The van der Waals surface area contributed by atoms with Crippen LogP contribution in [-0.2, 0) is 0 Å². The molecule has 34 aliphatic rings. The van der Waals surface area contributed by atoms with Crippen LogP contribution in [0.2, 0.25) is 0 Å².